The lowest BCUT2D eigenvalue weighted by atomic mass is 9.99. The fourth-order valence-corrected chi connectivity index (χ4v) is 5.18. The summed E-state index contributed by atoms with van der Waals surface area (Å²) in [6.07, 6.45) is 0.305. The number of phenolic OH excluding ortho intramolecular Hbond substituents is 2. The number of phenols is 2. The average Bonchev–Trinajstić information content (AvgIpc) is 3.10. The molecule has 8 N–H and O–H groups in total. The number of unbranched alkanes of at least 4 members (excludes halogenated alkanes) is 1. The number of nitrogens with one attached hydrogen (secondary N) is 2. The second kappa shape index (κ2) is 14.9. The molecule has 0 spiro atoms. The second-order valence-electron chi connectivity index (χ2n) is 10.6. The van der Waals surface area contributed by atoms with Crippen LogP contribution in [0.15, 0.2) is 65.7 Å². The Kier molecular flexibility index (Phi) is 11.0. The van der Waals surface area contributed by atoms with Gasteiger partial charge in [-0.3, -0.25) is 14.6 Å². The molecule has 12 heteroatoms. The number of ether oxygens (including phenoxy) is 1. The lowest BCUT2D eigenvalue weighted by Gasteiger charge is -2.36. The minimum Gasteiger partial charge on any atom is -0.504 e. The topological polar surface area (TPSA) is 176 Å². The lowest BCUT2D eigenvalue weighted by molar-refractivity contribution is -0.121. The highest BCUT2D eigenvalue weighted by atomic mass is 35.5. The third-order valence-electron chi connectivity index (χ3n) is 7.19. The number of nitrogens with two attached hydrogens (primary N) is 2. The molecule has 1 aliphatic rings. The van der Waals surface area contributed by atoms with Crippen molar-refractivity contribution < 1.29 is 24.5 Å². The third-order valence-corrected chi connectivity index (χ3v) is 7.44. The molecular formula is C32H39ClN6O5. The number of anilines is 2. The Morgan fingerprint density at radius 2 is 1.84 bits per heavy atom. The van der Waals surface area contributed by atoms with E-state index in [9.17, 15) is 19.8 Å². The summed E-state index contributed by atoms with van der Waals surface area (Å²) < 4.78 is 6.07. The van der Waals surface area contributed by atoms with Crippen molar-refractivity contribution in [1.82, 2.24) is 5.32 Å². The first-order valence-electron chi connectivity index (χ1n) is 14.6. The van der Waals surface area contributed by atoms with E-state index in [4.69, 9.17) is 32.8 Å². The van der Waals surface area contributed by atoms with Gasteiger partial charge in [0.15, 0.2) is 11.5 Å². The number of aromatic hydroxyl groups is 2. The minimum atomic E-state index is -0.666. The molecule has 0 bridgehead atoms. The summed E-state index contributed by atoms with van der Waals surface area (Å²) in [4.78, 5) is 31.8. The Labute approximate surface area is 261 Å². The van der Waals surface area contributed by atoms with Gasteiger partial charge in [0.1, 0.15) is 11.9 Å². The SMILES string of the molecule is CCNC(=O)C[C@@H]1N=C(c2ccc(Cl)cc2)c2cc(OCCCCC(=O)Nc3cccc(O)c3O)ccc2N(C(C)N)C1N. The normalized spacial score (nSPS) is 16.8. The van der Waals surface area contributed by atoms with Crippen LogP contribution in [0.2, 0.25) is 5.02 Å². The van der Waals surface area contributed by atoms with E-state index in [1.54, 1.807) is 12.1 Å². The molecule has 0 saturated heterocycles. The molecular weight excluding hydrogens is 584 g/mol. The smallest absolute Gasteiger partial charge is 0.224 e. The van der Waals surface area contributed by atoms with Gasteiger partial charge in [-0.25, -0.2) is 0 Å². The Bertz CT molecular complexity index is 1500. The van der Waals surface area contributed by atoms with Crippen LogP contribution in [0, 0.1) is 0 Å². The van der Waals surface area contributed by atoms with Gasteiger partial charge in [0.05, 0.1) is 36.6 Å². The summed E-state index contributed by atoms with van der Waals surface area (Å²) in [5.41, 5.74) is 16.3. The van der Waals surface area contributed by atoms with E-state index in [1.807, 2.05) is 49.1 Å². The molecule has 1 heterocycles. The van der Waals surface area contributed by atoms with E-state index >= 15 is 0 Å². The largest absolute Gasteiger partial charge is 0.504 e. The van der Waals surface area contributed by atoms with Gasteiger partial charge in [-0.15, -0.1) is 0 Å². The number of halogens is 1. The number of carbonyl (C=O) groups is 2. The molecule has 4 rings (SSSR count). The van der Waals surface area contributed by atoms with E-state index in [1.165, 1.54) is 18.2 Å². The Hall–Kier alpha value is -4.32. The number of amides is 2. The predicted molar refractivity (Wildman–Crippen MR) is 172 cm³/mol. The fraction of sp³-hybridized carbons (Fsp3) is 0.344. The van der Waals surface area contributed by atoms with Crippen LogP contribution in [0.5, 0.6) is 17.2 Å². The lowest BCUT2D eigenvalue weighted by Crippen LogP contribution is -2.56. The van der Waals surface area contributed by atoms with Crippen molar-refractivity contribution in [3.05, 3.63) is 76.8 Å². The van der Waals surface area contributed by atoms with E-state index in [0.29, 0.717) is 42.5 Å². The fourth-order valence-electron chi connectivity index (χ4n) is 5.05. The highest BCUT2D eigenvalue weighted by Gasteiger charge is 2.34. The van der Waals surface area contributed by atoms with Crippen LogP contribution in [-0.2, 0) is 9.59 Å². The molecule has 3 atom stereocenters. The van der Waals surface area contributed by atoms with Gasteiger partial charge in [-0.05, 0) is 69.2 Å². The summed E-state index contributed by atoms with van der Waals surface area (Å²) in [5, 5.41) is 25.5. The number of aliphatic imine (C=N–C) groups is 1. The van der Waals surface area contributed by atoms with Gasteiger partial charge in [-0.1, -0.05) is 29.8 Å². The van der Waals surface area contributed by atoms with Crippen LogP contribution in [0.4, 0.5) is 11.4 Å². The summed E-state index contributed by atoms with van der Waals surface area (Å²) in [6.45, 7) is 4.55. The van der Waals surface area contributed by atoms with Crippen LogP contribution < -0.4 is 31.7 Å². The van der Waals surface area contributed by atoms with E-state index in [-0.39, 0.29) is 41.8 Å². The predicted octanol–water partition coefficient (Wildman–Crippen LogP) is 4.08. The van der Waals surface area contributed by atoms with Crippen molar-refractivity contribution >= 4 is 40.5 Å². The number of benzene rings is 3. The molecule has 0 radical (unpaired) electrons. The number of fused-ring (bicyclic) bond motifs is 1. The summed E-state index contributed by atoms with van der Waals surface area (Å²) in [5.74, 6) is -0.508. The first kappa shape index (κ1) is 32.6. The number of hydrogen-bond acceptors (Lipinski definition) is 9. The summed E-state index contributed by atoms with van der Waals surface area (Å²) >= 11 is 6.18. The van der Waals surface area contributed by atoms with E-state index in [0.717, 1.165) is 16.8 Å². The van der Waals surface area contributed by atoms with Crippen LogP contribution in [-0.4, -0.2) is 59.3 Å². The number of benzodiazepines with no additional fused rings is 1. The molecule has 0 fully saturated rings. The zero-order valence-electron chi connectivity index (χ0n) is 24.8. The molecule has 11 nitrogen and oxygen atoms in total. The molecule has 0 saturated carbocycles. The monoisotopic (exact) mass is 622 g/mol. The summed E-state index contributed by atoms with van der Waals surface area (Å²) in [7, 11) is 0. The number of rotatable bonds is 12. The highest BCUT2D eigenvalue weighted by molar-refractivity contribution is 6.30. The molecule has 3 aromatic rings. The maximum Gasteiger partial charge on any atom is 0.224 e. The molecule has 44 heavy (non-hydrogen) atoms. The number of para-hydroxylation sites is 1. The summed E-state index contributed by atoms with van der Waals surface area (Å²) in [6, 6.07) is 16.7. The number of hydrogen-bond donors (Lipinski definition) is 6. The van der Waals surface area contributed by atoms with Gasteiger partial charge < -0.3 is 42.0 Å². The van der Waals surface area contributed by atoms with Crippen LogP contribution in [0.25, 0.3) is 0 Å². The maximum atomic E-state index is 12.6. The van der Waals surface area contributed by atoms with Crippen molar-refractivity contribution in [1.29, 1.82) is 0 Å². The van der Waals surface area contributed by atoms with Crippen molar-refractivity contribution in [3.63, 3.8) is 0 Å². The zero-order valence-corrected chi connectivity index (χ0v) is 25.6. The minimum absolute atomic E-state index is 0.0886. The van der Waals surface area contributed by atoms with Crippen LogP contribution >= 0.6 is 11.6 Å². The van der Waals surface area contributed by atoms with Gasteiger partial charge >= 0.3 is 0 Å². The molecule has 234 valence electrons. The third kappa shape index (κ3) is 7.98. The van der Waals surface area contributed by atoms with Crippen molar-refractivity contribution in [3.8, 4) is 17.2 Å². The maximum absolute atomic E-state index is 12.6. The number of carbonyl (C=O) groups excluding carboxylic acids is 2. The Morgan fingerprint density at radius 3 is 2.55 bits per heavy atom. The quantitative estimate of drug-likeness (QED) is 0.129. The molecule has 3 aromatic carbocycles. The first-order chi connectivity index (χ1) is 21.1. The van der Waals surface area contributed by atoms with Gasteiger partial charge in [0.25, 0.3) is 0 Å². The van der Waals surface area contributed by atoms with Crippen molar-refractivity contribution in [2.45, 2.75) is 57.9 Å². The van der Waals surface area contributed by atoms with Gasteiger partial charge in [0, 0.05) is 34.8 Å². The Balaban J connectivity index is 1.52. The van der Waals surface area contributed by atoms with Crippen LogP contribution in [0.1, 0.15) is 50.7 Å². The van der Waals surface area contributed by atoms with Gasteiger partial charge in [-0.2, -0.15) is 0 Å². The zero-order chi connectivity index (χ0) is 31.8. The standard InChI is InChI=1S/C32H39ClN6O5/c1-3-36-29(42)18-25-32(35)39(19(2)34)26-15-14-22(17-23(26)30(38-25)20-10-12-21(33)13-11-20)44-16-5-4-9-28(41)37-24-7-6-8-27(40)31(24)43/h6-8,10-15,17,19,25,32,40,43H,3-5,9,16,18,34-35H2,1-2H3,(H,36,42)(H,37,41)/t19?,25-,32?/m0/s1. The molecule has 0 aromatic heterocycles. The van der Waals surface area contributed by atoms with E-state index < -0.39 is 18.4 Å². The highest BCUT2D eigenvalue weighted by Crippen LogP contribution is 2.35. The Morgan fingerprint density at radius 1 is 1.09 bits per heavy atom. The van der Waals surface area contributed by atoms with Gasteiger partial charge in [0.2, 0.25) is 11.8 Å². The van der Waals surface area contributed by atoms with Crippen molar-refractivity contribution in [2.24, 2.45) is 16.5 Å². The van der Waals surface area contributed by atoms with Crippen molar-refractivity contribution in [2.75, 3.05) is 23.4 Å². The molecule has 2 unspecified atom stereocenters. The van der Waals surface area contributed by atoms with E-state index in [2.05, 4.69) is 10.6 Å². The average molecular weight is 623 g/mol. The molecule has 1 aliphatic heterocycles. The first-order valence-corrected chi connectivity index (χ1v) is 14.9. The van der Waals surface area contributed by atoms with Crippen LogP contribution in [0.3, 0.4) is 0 Å². The molecule has 2 amide bonds. The second-order valence-corrected chi connectivity index (χ2v) is 11.0. The molecule has 0 aliphatic carbocycles. The number of nitrogens with zero attached hydrogens (tertiary/aromatic N) is 2.